The Balaban J connectivity index is 2.10. The maximum Gasteiger partial charge on any atom is 0.224 e. The van der Waals surface area contributed by atoms with Crippen molar-refractivity contribution in [1.82, 2.24) is 0 Å². The minimum atomic E-state index is 0.714. The maximum atomic E-state index is 12.9. The third-order valence-corrected chi connectivity index (χ3v) is 4.62. The summed E-state index contributed by atoms with van der Waals surface area (Å²) in [6.07, 6.45) is 0. The predicted octanol–water partition coefficient (Wildman–Crippen LogP) is 4.93. The van der Waals surface area contributed by atoms with Crippen LogP contribution >= 0.6 is 0 Å². The summed E-state index contributed by atoms with van der Waals surface area (Å²) >= 11 is 0. The molecule has 4 aromatic carbocycles. The second kappa shape index (κ2) is 4.43. The van der Waals surface area contributed by atoms with Crippen LogP contribution < -0.4 is 4.73 Å². The Bertz CT molecular complexity index is 1130. The van der Waals surface area contributed by atoms with Gasteiger partial charge in [-0.2, -0.15) is 4.73 Å². The highest BCUT2D eigenvalue weighted by Gasteiger charge is 2.14. The van der Waals surface area contributed by atoms with E-state index < -0.39 is 0 Å². The van der Waals surface area contributed by atoms with Crippen LogP contribution in [0.5, 0.6) is 0 Å². The summed E-state index contributed by atoms with van der Waals surface area (Å²) < 4.78 is 1.06. The zero-order valence-corrected chi connectivity index (χ0v) is 12.4. The maximum absolute atomic E-state index is 12.9. The van der Waals surface area contributed by atoms with Crippen molar-refractivity contribution in [3.63, 3.8) is 0 Å². The SMILES string of the molecule is [O-][n+]1c2ccc3ccccc3c2cc2c3ccccc3ccc21. The summed E-state index contributed by atoms with van der Waals surface area (Å²) in [5, 5.41) is 19.4. The number of nitrogens with zero attached hydrogens (tertiary/aromatic N) is 1. The van der Waals surface area contributed by atoms with E-state index in [9.17, 15) is 5.21 Å². The van der Waals surface area contributed by atoms with E-state index in [0.717, 1.165) is 37.0 Å². The van der Waals surface area contributed by atoms with E-state index in [0.29, 0.717) is 11.0 Å². The van der Waals surface area contributed by atoms with Crippen molar-refractivity contribution in [2.75, 3.05) is 0 Å². The Labute approximate surface area is 132 Å². The largest absolute Gasteiger partial charge is 0.618 e. The molecule has 0 fully saturated rings. The van der Waals surface area contributed by atoms with Crippen LogP contribution in [-0.4, -0.2) is 0 Å². The molecular weight excluding hydrogens is 282 g/mol. The van der Waals surface area contributed by atoms with Gasteiger partial charge in [-0.15, -0.1) is 0 Å². The molecule has 108 valence electrons. The van der Waals surface area contributed by atoms with Crippen molar-refractivity contribution in [3.8, 4) is 0 Å². The molecule has 0 saturated heterocycles. The molecule has 0 radical (unpaired) electrons. The molecule has 0 unspecified atom stereocenters. The lowest BCUT2D eigenvalue weighted by Gasteiger charge is -2.10. The summed E-state index contributed by atoms with van der Waals surface area (Å²) in [7, 11) is 0. The molecule has 0 aliphatic carbocycles. The highest BCUT2D eigenvalue weighted by Crippen LogP contribution is 2.30. The third-order valence-electron chi connectivity index (χ3n) is 4.62. The first-order valence-electron chi connectivity index (χ1n) is 7.68. The van der Waals surface area contributed by atoms with Crippen LogP contribution in [0.4, 0.5) is 0 Å². The Morgan fingerprint density at radius 1 is 0.522 bits per heavy atom. The standard InChI is InChI=1S/C21H13NO/c23-22-20-11-9-14-5-1-3-7-16(14)18(20)13-19-17-8-4-2-6-15(17)10-12-21(19)22/h1-13H. The minimum absolute atomic E-state index is 0.714. The molecule has 1 aromatic heterocycles. The monoisotopic (exact) mass is 295 g/mol. The normalized spacial score (nSPS) is 11.7. The second-order valence-electron chi connectivity index (χ2n) is 5.88. The van der Waals surface area contributed by atoms with Crippen molar-refractivity contribution in [2.45, 2.75) is 0 Å². The van der Waals surface area contributed by atoms with E-state index in [2.05, 4.69) is 30.3 Å². The molecule has 2 nitrogen and oxygen atoms in total. The van der Waals surface area contributed by atoms with Gasteiger partial charge in [0.2, 0.25) is 11.0 Å². The first-order valence-corrected chi connectivity index (χ1v) is 7.68. The molecule has 23 heavy (non-hydrogen) atoms. The number of rotatable bonds is 0. The van der Waals surface area contributed by atoms with Crippen molar-refractivity contribution >= 4 is 43.4 Å². The highest BCUT2D eigenvalue weighted by atomic mass is 16.5. The lowest BCUT2D eigenvalue weighted by molar-refractivity contribution is -0.547. The van der Waals surface area contributed by atoms with Crippen LogP contribution in [0.25, 0.3) is 43.4 Å². The van der Waals surface area contributed by atoms with Gasteiger partial charge in [0.25, 0.3) is 0 Å². The first-order chi connectivity index (χ1) is 11.3. The van der Waals surface area contributed by atoms with Crippen LogP contribution in [0.15, 0.2) is 78.9 Å². The molecule has 1 heterocycles. The first kappa shape index (κ1) is 12.4. The van der Waals surface area contributed by atoms with Crippen LogP contribution in [0, 0.1) is 5.21 Å². The van der Waals surface area contributed by atoms with Crippen LogP contribution in [0.1, 0.15) is 0 Å². The van der Waals surface area contributed by atoms with Gasteiger partial charge in [-0.25, -0.2) is 0 Å². The van der Waals surface area contributed by atoms with Gasteiger partial charge in [-0.1, -0.05) is 48.5 Å². The Hall–Kier alpha value is -3.13. The van der Waals surface area contributed by atoms with E-state index >= 15 is 0 Å². The van der Waals surface area contributed by atoms with E-state index in [4.69, 9.17) is 0 Å². The van der Waals surface area contributed by atoms with E-state index in [1.54, 1.807) is 0 Å². The Kier molecular flexibility index (Phi) is 2.39. The van der Waals surface area contributed by atoms with Gasteiger partial charge in [0.1, 0.15) is 0 Å². The molecule has 2 heteroatoms. The Morgan fingerprint density at radius 3 is 1.52 bits per heavy atom. The van der Waals surface area contributed by atoms with Crippen molar-refractivity contribution in [2.24, 2.45) is 0 Å². The fraction of sp³-hybridized carbons (Fsp3) is 0. The second-order valence-corrected chi connectivity index (χ2v) is 5.88. The number of pyridine rings is 1. The van der Waals surface area contributed by atoms with Crippen molar-refractivity contribution in [1.29, 1.82) is 0 Å². The van der Waals surface area contributed by atoms with E-state index in [1.807, 2.05) is 48.5 Å². The molecule has 5 aromatic rings. The van der Waals surface area contributed by atoms with Crippen LogP contribution in [0.2, 0.25) is 0 Å². The van der Waals surface area contributed by atoms with E-state index in [1.165, 1.54) is 0 Å². The molecule has 0 bridgehead atoms. The summed E-state index contributed by atoms with van der Waals surface area (Å²) in [4.78, 5) is 0. The van der Waals surface area contributed by atoms with Gasteiger partial charge in [-0.3, -0.25) is 0 Å². The third kappa shape index (κ3) is 1.66. The summed E-state index contributed by atoms with van der Waals surface area (Å²) in [6.45, 7) is 0. The van der Waals surface area contributed by atoms with Gasteiger partial charge in [0.15, 0.2) is 0 Å². The predicted molar refractivity (Wildman–Crippen MR) is 95.4 cm³/mol. The zero-order valence-electron chi connectivity index (χ0n) is 12.4. The number of fused-ring (bicyclic) bond motifs is 6. The summed E-state index contributed by atoms with van der Waals surface area (Å²) in [5.41, 5.74) is 1.43. The average Bonchev–Trinajstić information content (AvgIpc) is 2.61. The summed E-state index contributed by atoms with van der Waals surface area (Å²) in [6, 6.07) is 26.4. The lowest BCUT2D eigenvalue weighted by Crippen LogP contribution is -2.28. The topological polar surface area (TPSA) is 26.9 Å². The molecule has 0 saturated carbocycles. The zero-order chi connectivity index (χ0) is 15.4. The highest BCUT2D eigenvalue weighted by molar-refractivity contribution is 6.13. The minimum Gasteiger partial charge on any atom is -0.618 e. The number of benzene rings is 4. The summed E-state index contributed by atoms with van der Waals surface area (Å²) in [5.74, 6) is 0. The average molecular weight is 295 g/mol. The van der Waals surface area contributed by atoms with Gasteiger partial charge in [0, 0.05) is 12.1 Å². The van der Waals surface area contributed by atoms with Crippen molar-refractivity contribution < 1.29 is 4.73 Å². The number of aromatic nitrogens is 1. The molecule has 0 N–H and O–H groups in total. The molecule has 0 amide bonds. The van der Waals surface area contributed by atoms with Gasteiger partial charge in [-0.05, 0) is 39.7 Å². The molecule has 5 rings (SSSR count). The molecule has 0 spiro atoms. The molecule has 0 aliphatic heterocycles. The van der Waals surface area contributed by atoms with Gasteiger partial charge in [0.05, 0.1) is 10.8 Å². The Morgan fingerprint density at radius 2 is 1.00 bits per heavy atom. The number of hydrogen-bond donors (Lipinski definition) is 0. The quantitative estimate of drug-likeness (QED) is 0.172. The fourth-order valence-electron chi connectivity index (χ4n) is 3.50. The van der Waals surface area contributed by atoms with Crippen LogP contribution in [-0.2, 0) is 0 Å². The fourth-order valence-corrected chi connectivity index (χ4v) is 3.50. The van der Waals surface area contributed by atoms with Gasteiger partial charge >= 0.3 is 0 Å². The van der Waals surface area contributed by atoms with Crippen molar-refractivity contribution in [3.05, 3.63) is 84.1 Å². The lowest BCUT2D eigenvalue weighted by atomic mass is 10.00. The van der Waals surface area contributed by atoms with E-state index in [-0.39, 0.29) is 0 Å². The number of hydrogen-bond acceptors (Lipinski definition) is 1. The molecule has 0 atom stereocenters. The molecular formula is C21H13NO. The molecule has 0 aliphatic rings. The van der Waals surface area contributed by atoms with Crippen LogP contribution in [0.3, 0.4) is 0 Å². The van der Waals surface area contributed by atoms with Gasteiger partial charge < -0.3 is 5.21 Å². The smallest absolute Gasteiger partial charge is 0.224 e.